The number of fused-ring (bicyclic) bond motifs is 1. The first kappa shape index (κ1) is 5.65. The fourth-order valence-corrected chi connectivity index (χ4v) is 1.77. The molecular weight excluding hydrogens is 118 g/mol. The summed E-state index contributed by atoms with van der Waals surface area (Å²) in [5.41, 5.74) is 0. The molecule has 2 unspecified atom stereocenters. The molecule has 2 fully saturated rings. The molecule has 1 saturated heterocycles. The Hall–Kier alpha value is -0.120. The normalized spacial score (nSPS) is 43.7. The Balaban J connectivity index is 2.07. The molecule has 1 saturated carbocycles. The highest BCUT2D eigenvalue weighted by atomic mass is 16.9. The van der Waals surface area contributed by atoms with E-state index in [9.17, 15) is 0 Å². The zero-order valence-electron chi connectivity index (χ0n) is 5.29. The van der Waals surface area contributed by atoms with Crippen molar-refractivity contribution < 1.29 is 10.0 Å². The topological polar surface area (TPSA) is 32.7 Å². The van der Waals surface area contributed by atoms with E-state index in [1.54, 1.807) is 0 Å². The average molecular weight is 129 g/mol. The van der Waals surface area contributed by atoms with E-state index in [1.165, 1.54) is 12.8 Å². The lowest BCUT2D eigenvalue weighted by Gasteiger charge is -2.11. The van der Waals surface area contributed by atoms with Crippen molar-refractivity contribution in [1.82, 2.24) is 5.23 Å². The van der Waals surface area contributed by atoms with Crippen molar-refractivity contribution in [2.75, 3.05) is 6.61 Å². The van der Waals surface area contributed by atoms with E-state index in [1.807, 2.05) is 0 Å². The summed E-state index contributed by atoms with van der Waals surface area (Å²) in [5, 5.41) is 10.0. The molecule has 0 aromatic rings. The highest BCUT2D eigenvalue weighted by Gasteiger charge is 2.38. The van der Waals surface area contributed by atoms with Crippen molar-refractivity contribution in [2.45, 2.75) is 25.3 Å². The SMILES string of the molecule is ON1OCC2CCCC21. The molecule has 0 aromatic heterocycles. The molecule has 3 nitrogen and oxygen atoms in total. The molecular formula is C6H11NO2. The zero-order valence-corrected chi connectivity index (χ0v) is 5.29. The molecule has 3 heteroatoms. The summed E-state index contributed by atoms with van der Waals surface area (Å²) in [4.78, 5) is 4.91. The number of hydrogen-bond donors (Lipinski definition) is 1. The van der Waals surface area contributed by atoms with E-state index in [-0.39, 0.29) is 0 Å². The number of nitrogens with zero attached hydrogens (tertiary/aromatic N) is 1. The minimum Gasteiger partial charge on any atom is -0.289 e. The summed E-state index contributed by atoms with van der Waals surface area (Å²) in [7, 11) is 0. The predicted molar refractivity (Wildman–Crippen MR) is 30.7 cm³/mol. The summed E-state index contributed by atoms with van der Waals surface area (Å²) in [5.74, 6) is 0.606. The molecule has 2 aliphatic rings. The van der Waals surface area contributed by atoms with Gasteiger partial charge in [-0.1, -0.05) is 11.6 Å². The van der Waals surface area contributed by atoms with Crippen molar-refractivity contribution in [2.24, 2.45) is 5.92 Å². The van der Waals surface area contributed by atoms with Crippen LogP contribution in [0.5, 0.6) is 0 Å². The quantitative estimate of drug-likeness (QED) is 0.525. The molecule has 9 heavy (non-hydrogen) atoms. The molecule has 1 aliphatic heterocycles. The van der Waals surface area contributed by atoms with Gasteiger partial charge >= 0.3 is 0 Å². The standard InChI is InChI=1S/C6H11NO2/c8-7-6-3-1-2-5(6)4-9-7/h5-6,8H,1-4H2. The summed E-state index contributed by atoms with van der Waals surface area (Å²) < 4.78 is 0. The lowest BCUT2D eigenvalue weighted by molar-refractivity contribution is -0.327. The molecule has 0 aromatic carbocycles. The first-order chi connectivity index (χ1) is 4.38. The Kier molecular flexibility index (Phi) is 1.22. The van der Waals surface area contributed by atoms with E-state index in [0.29, 0.717) is 12.0 Å². The van der Waals surface area contributed by atoms with Crippen LogP contribution >= 0.6 is 0 Å². The van der Waals surface area contributed by atoms with Gasteiger partial charge in [-0.3, -0.25) is 10.0 Å². The first-order valence-electron chi connectivity index (χ1n) is 3.49. The lowest BCUT2D eigenvalue weighted by atomic mass is 10.1. The molecule has 2 atom stereocenters. The van der Waals surface area contributed by atoms with Crippen molar-refractivity contribution in [3.63, 3.8) is 0 Å². The smallest absolute Gasteiger partial charge is 0.0756 e. The summed E-state index contributed by atoms with van der Waals surface area (Å²) in [6.07, 6.45) is 3.57. The van der Waals surface area contributed by atoms with Crippen LogP contribution in [0.2, 0.25) is 0 Å². The van der Waals surface area contributed by atoms with E-state index in [0.717, 1.165) is 18.3 Å². The van der Waals surface area contributed by atoms with Crippen molar-refractivity contribution >= 4 is 0 Å². The third-order valence-corrected chi connectivity index (χ3v) is 2.32. The van der Waals surface area contributed by atoms with Gasteiger partial charge in [-0.25, -0.2) is 0 Å². The van der Waals surface area contributed by atoms with Crippen LogP contribution in [0.4, 0.5) is 0 Å². The van der Waals surface area contributed by atoms with Gasteiger partial charge in [0, 0.05) is 5.92 Å². The van der Waals surface area contributed by atoms with Crippen LogP contribution in [0.1, 0.15) is 19.3 Å². The average Bonchev–Trinajstić information content (AvgIpc) is 2.35. The largest absolute Gasteiger partial charge is 0.289 e. The second-order valence-corrected chi connectivity index (χ2v) is 2.86. The van der Waals surface area contributed by atoms with Gasteiger partial charge in [-0.05, 0) is 12.8 Å². The number of rotatable bonds is 0. The second-order valence-electron chi connectivity index (χ2n) is 2.86. The fraction of sp³-hybridized carbons (Fsp3) is 1.00. The van der Waals surface area contributed by atoms with E-state index >= 15 is 0 Å². The predicted octanol–water partition coefficient (Wildman–Crippen LogP) is 0.791. The molecule has 1 N–H and O–H groups in total. The third kappa shape index (κ3) is 0.764. The van der Waals surface area contributed by atoms with Gasteiger partial charge in [0.05, 0.1) is 12.6 Å². The van der Waals surface area contributed by atoms with Crippen LogP contribution in [0.25, 0.3) is 0 Å². The van der Waals surface area contributed by atoms with Crippen LogP contribution < -0.4 is 0 Å². The Morgan fingerprint density at radius 2 is 2.33 bits per heavy atom. The van der Waals surface area contributed by atoms with Crippen molar-refractivity contribution in [1.29, 1.82) is 0 Å². The minimum atomic E-state index is 0.310. The lowest BCUT2D eigenvalue weighted by Crippen LogP contribution is -2.24. The maximum absolute atomic E-state index is 9.01. The van der Waals surface area contributed by atoms with Crippen LogP contribution in [0, 0.1) is 5.92 Å². The molecule has 0 amide bonds. The molecule has 52 valence electrons. The summed E-state index contributed by atoms with van der Waals surface area (Å²) in [6, 6.07) is 0.310. The van der Waals surface area contributed by atoms with Gasteiger partial charge in [-0.15, -0.1) is 0 Å². The first-order valence-corrected chi connectivity index (χ1v) is 3.49. The van der Waals surface area contributed by atoms with Crippen molar-refractivity contribution in [3.8, 4) is 0 Å². The molecule has 0 bridgehead atoms. The van der Waals surface area contributed by atoms with Gasteiger partial charge in [0.2, 0.25) is 0 Å². The van der Waals surface area contributed by atoms with E-state index < -0.39 is 0 Å². The Morgan fingerprint density at radius 3 is 3.11 bits per heavy atom. The van der Waals surface area contributed by atoms with Crippen LogP contribution in [-0.4, -0.2) is 23.1 Å². The Labute approximate surface area is 54.1 Å². The zero-order chi connectivity index (χ0) is 6.27. The van der Waals surface area contributed by atoms with Crippen LogP contribution in [0.3, 0.4) is 0 Å². The van der Waals surface area contributed by atoms with Gasteiger partial charge in [-0.2, -0.15) is 0 Å². The number of hydrogen-bond acceptors (Lipinski definition) is 3. The molecule has 1 aliphatic carbocycles. The number of hydroxylamine groups is 2. The second kappa shape index (κ2) is 1.94. The highest BCUT2D eigenvalue weighted by Crippen LogP contribution is 2.33. The van der Waals surface area contributed by atoms with Gasteiger partial charge < -0.3 is 0 Å². The Morgan fingerprint density at radius 1 is 1.44 bits per heavy atom. The Bertz CT molecular complexity index is 118. The maximum Gasteiger partial charge on any atom is 0.0756 e. The summed E-state index contributed by atoms with van der Waals surface area (Å²) in [6.45, 7) is 0.723. The third-order valence-electron chi connectivity index (χ3n) is 2.32. The minimum absolute atomic E-state index is 0.310. The van der Waals surface area contributed by atoms with Gasteiger partial charge in [0.15, 0.2) is 0 Å². The fourth-order valence-electron chi connectivity index (χ4n) is 1.77. The van der Waals surface area contributed by atoms with Gasteiger partial charge in [0.25, 0.3) is 0 Å². The van der Waals surface area contributed by atoms with Crippen LogP contribution in [0.15, 0.2) is 0 Å². The van der Waals surface area contributed by atoms with E-state index in [2.05, 4.69) is 0 Å². The maximum atomic E-state index is 9.01. The molecule has 0 spiro atoms. The summed E-state index contributed by atoms with van der Waals surface area (Å²) >= 11 is 0. The van der Waals surface area contributed by atoms with Gasteiger partial charge in [0.1, 0.15) is 0 Å². The highest BCUT2D eigenvalue weighted by molar-refractivity contribution is 4.83. The van der Waals surface area contributed by atoms with Crippen molar-refractivity contribution in [3.05, 3.63) is 0 Å². The molecule has 2 rings (SSSR count). The van der Waals surface area contributed by atoms with Crippen LogP contribution in [-0.2, 0) is 4.84 Å². The molecule has 1 heterocycles. The van der Waals surface area contributed by atoms with E-state index in [4.69, 9.17) is 10.0 Å². The molecule has 0 radical (unpaired) electrons. The monoisotopic (exact) mass is 129 g/mol.